The number of H-pyrrole nitrogens is 4. The van der Waals surface area contributed by atoms with Crippen molar-refractivity contribution >= 4 is 67.0 Å². The van der Waals surface area contributed by atoms with Crippen molar-refractivity contribution in [2.75, 3.05) is 0 Å². The van der Waals surface area contributed by atoms with Crippen LogP contribution in [-0.4, -0.2) is 40.0 Å². The Balaban J connectivity index is 1.36. The van der Waals surface area contributed by atoms with Crippen molar-refractivity contribution in [1.82, 2.24) is 19.9 Å². The Morgan fingerprint density at radius 1 is 0.548 bits per heavy atom. The summed E-state index contributed by atoms with van der Waals surface area (Å²) < 4.78 is 0. The van der Waals surface area contributed by atoms with Gasteiger partial charge in [-0.3, -0.25) is 20.2 Å². The molecule has 0 aliphatic carbocycles. The van der Waals surface area contributed by atoms with Gasteiger partial charge in [0, 0.05) is 22.9 Å². The number of aromatic amines is 4. The van der Waals surface area contributed by atoms with Gasteiger partial charge in [0.15, 0.2) is 22.9 Å². The molecule has 0 radical (unpaired) electrons. The molecule has 42 heavy (non-hydrogen) atoms. The number of imidazole rings is 2. The summed E-state index contributed by atoms with van der Waals surface area (Å²) in [5.41, 5.74) is -1.58. The summed E-state index contributed by atoms with van der Waals surface area (Å²) in [6.07, 6.45) is 0. The molecule has 6 rings (SSSR count). The molecule has 0 spiro atoms. The second kappa shape index (κ2) is 9.48. The van der Waals surface area contributed by atoms with Gasteiger partial charge in [0.2, 0.25) is 0 Å². The highest BCUT2D eigenvalue weighted by molar-refractivity contribution is 5.99. The number of nitro groups is 2. The molecule has 6 aromatic rings. The van der Waals surface area contributed by atoms with Gasteiger partial charge in [-0.25, -0.2) is 9.59 Å². The molecular weight excluding hydrogens is 556 g/mol. The SMILES string of the molecule is O=c1[nH]c2cc(N=Nc3ccc4c(O)c(N=Nc5cc6[nH]c(=O)[nH]c6cc5[N+](=O)[O-])ccc4c3O)c([N+](=O)[O-])cc2[nH]1. The standard InChI is InChI=1S/C24H14N10O8/c35-21-9-1-3-11(29-31-17-5-13-15(27-23(37)25-13)7-19(17)33(39)40)22(36)10(9)2-4-12(21)30-32-18-6-14-16(28-24(38)26-14)8-20(18)34(41)42/h1-8,35-36H,(H2,25,27,37)(H2,26,28,38). The Labute approximate surface area is 229 Å². The number of fused-ring (bicyclic) bond motifs is 3. The number of azo groups is 2. The zero-order valence-electron chi connectivity index (χ0n) is 20.6. The van der Waals surface area contributed by atoms with Gasteiger partial charge in [0.25, 0.3) is 11.4 Å². The number of phenols is 2. The fourth-order valence-electron chi connectivity index (χ4n) is 4.30. The second-order valence-electron chi connectivity index (χ2n) is 8.81. The van der Waals surface area contributed by atoms with Crippen molar-refractivity contribution in [3.63, 3.8) is 0 Å². The molecule has 18 nitrogen and oxygen atoms in total. The first-order valence-corrected chi connectivity index (χ1v) is 11.7. The van der Waals surface area contributed by atoms with Crippen molar-refractivity contribution in [3.05, 3.63) is 89.7 Å². The molecule has 0 saturated carbocycles. The van der Waals surface area contributed by atoms with Gasteiger partial charge in [-0.1, -0.05) is 0 Å². The molecule has 0 fully saturated rings. The number of aromatic hydroxyl groups is 2. The molecule has 0 aliphatic heterocycles. The maximum atomic E-state index is 11.5. The Morgan fingerprint density at radius 3 is 1.24 bits per heavy atom. The summed E-state index contributed by atoms with van der Waals surface area (Å²) in [5.74, 6) is -0.822. The van der Waals surface area contributed by atoms with Crippen LogP contribution in [0.2, 0.25) is 0 Å². The number of nitro benzene ring substituents is 2. The Morgan fingerprint density at radius 2 is 0.881 bits per heavy atom. The van der Waals surface area contributed by atoms with Gasteiger partial charge in [0.1, 0.15) is 11.4 Å². The monoisotopic (exact) mass is 570 g/mol. The fourth-order valence-corrected chi connectivity index (χ4v) is 4.30. The van der Waals surface area contributed by atoms with E-state index in [2.05, 4.69) is 40.4 Å². The summed E-state index contributed by atoms with van der Waals surface area (Å²) in [6, 6.07) is 10.1. The van der Waals surface area contributed by atoms with Crippen LogP contribution in [0.1, 0.15) is 0 Å². The highest BCUT2D eigenvalue weighted by Crippen LogP contribution is 2.44. The van der Waals surface area contributed by atoms with Crippen LogP contribution in [0.4, 0.5) is 34.1 Å². The highest BCUT2D eigenvalue weighted by atomic mass is 16.6. The summed E-state index contributed by atoms with van der Waals surface area (Å²) in [4.78, 5) is 54.5. The van der Waals surface area contributed by atoms with E-state index in [0.717, 1.165) is 12.1 Å². The Bertz CT molecular complexity index is 2130. The zero-order valence-corrected chi connectivity index (χ0v) is 20.6. The van der Waals surface area contributed by atoms with Gasteiger partial charge in [-0.2, -0.15) is 0 Å². The number of phenolic OH excluding ortho intramolecular Hbond substituents is 2. The van der Waals surface area contributed by atoms with E-state index >= 15 is 0 Å². The molecule has 208 valence electrons. The summed E-state index contributed by atoms with van der Waals surface area (Å²) >= 11 is 0. The van der Waals surface area contributed by atoms with Crippen LogP contribution in [0.15, 0.2) is 78.6 Å². The number of nitrogens with one attached hydrogen (secondary N) is 4. The molecule has 18 heteroatoms. The van der Waals surface area contributed by atoms with Crippen molar-refractivity contribution in [2.24, 2.45) is 20.5 Å². The van der Waals surface area contributed by atoms with Gasteiger partial charge < -0.3 is 30.1 Å². The third-order valence-electron chi connectivity index (χ3n) is 6.25. The Hall–Kier alpha value is -6.72. The highest BCUT2D eigenvalue weighted by Gasteiger charge is 2.19. The minimum Gasteiger partial charge on any atom is -0.505 e. The van der Waals surface area contributed by atoms with E-state index in [1.54, 1.807) is 0 Å². The lowest BCUT2D eigenvalue weighted by atomic mass is 10.1. The molecule has 0 amide bonds. The minimum atomic E-state index is -0.697. The second-order valence-corrected chi connectivity index (χ2v) is 8.81. The lowest BCUT2D eigenvalue weighted by molar-refractivity contribution is -0.384. The number of nitrogens with zero attached hydrogens (tertiary/aromatic N) is 6. The molecule has 2 heterocycles. The van der Waals surface area contributed by atoms with Crippen molar-refractivity contribution in [1.29, 1.82) is 0 Å². The third kappa shape index (κ3) is 4.35. The van der Waals surface area contributed by atoms with E-state index < -0.39 is 44.1 Å². The molecule has 0 aliphatic rings. The number of hydrogen-bond donors (Lipinski definition) is 6. The van der Waals surface area contributed by atoms with E-state index in [9.17, 15) is 40.0 Å². The summed E-state index contributed by atoms with van der Waals surface area (Å²) in [5, 5.41) is 60.5. The van der Waals surface area contributed by atoms with Crippen LogP contribution in [0, 0.1) is 20.2 Å². The summed E-state index contributed by atoms with van der Waals surface area (Å²) in [7, 11) is 0. The van der Waals surface area contributed by atoms with E-state index in [-0.39, 0.29) is 55.6 Å². The lowest BCUT2D eigenvalue weighted by Crippen LogP contribution is -1.99. The van der Waals surface area contributed by atoms with E-state index in [1.807, 2.05) is 0 Å². The average Bonchev–Trinajstić information content (AvgIpc) is 3.50. The molecule has 0 saturated heterocycles. The number of hydrogen-bond acceptors (Lipinski definition) is 12. The number of aromatic nitrogens is 4. The topological polar surface area (TPSA) is 273 Å². The largest absolute Gasteiger partial charge is 0.505 e. The van der Waals surface area contributed by atoms with Gasteiger partial charge in [-0.05, 0) is 36.4 Å². The molecule has 4 aromatic carbocycles. The maximum absolute atomic E-state index is 11.5. The van der Waals surface area contributed by atoms with E-state index in [4.69, 9.17) is 0 Å². The lowest BCUT2D eigenvalue weighted by Gasteiger charge is -2.07. The maximum Gasteiger partial charge on any atom is 0.323 e. The van der Waals surface area contributed by atoms with Crippen molar-refractivity contribution in [3.8, 4) is 11.5 Å². The first-order valence-electron chi connectivity index (χ1n) is 11.7. The third-order valence-corrected chi connectivity index (χ3v) is 6.25. The quantitative estimate of drug-likeness (QED) is 0.0872. The minimum absolute atomic E-state index is 0.0855. The average molecular weight is 570 g/mol. The first-order chi connectivity index (χ1) is 20.1. The van der Waals surface area contributed by atoms with Crippen LogP contribution < -0.4 is 11.4 Å². The predicted octanol–water partition coefficient (Wildman–Crippen LogP) is 5.24. The molecule has 0 unspecified atom stereocenters. The Kier molecular flexibility index (Phi) is 5.77. The van der Waals surface area contributed by atoms with Crippen LogP contribution >= 0.6 is 0 Å². The van der Waals surface area contributed by atoms with Crippen molar-refractivity contribution < 1.29 is 20.1 Å². The van der Waals surface area contributed by atoms with Gasteiger partial charge in [-0.15, -0.1) is 20.5 Å². The van der Waals surface area contributed by atoms with E-state index in [1.165, 1.54) is 36.4 Å². The van der Waals surface area contributed by atoms with Crippen LogP contribution in [-0.2, 0) is 0 Å². The molecule has 0 bridgehead atoms. The zero-order chi connectivity index (χ0) is 29.7. The number of rotatable bonds is 6. The van der Waals surface area contributed by atoms with Crippen LogP contribution in [0.25, 0.3) is 32.8 Å². The molecule has 6 N–H and O–H groups in total. The first kappa shape index (κ1) is 25.6. The molecule has 2 aromatic heterocycles. The van der Waals surface area contributed by atoms with Crippen LogP contribution in [0.3, 0.4) is 0 Å². The fraction of sp³-hybridized carbons (Fsp3) is 0. The smallest absolute Gasteiger partial charge is 0.323 e. The van der Waals surface area contributed by atoms with Crippen molar-refractivity contribution in [2.45, 2.75) is 0 Å². The molecular formula is C24H14N10O8. The van der Waals surface area contributed by atoms with E-state index in [0.29, 0.717) is 0 Å². The molecule has 0 atom stereocenters. The van der Waals surface area contributed by atoms with Gasteiger partial charge >= 0.3 is 11.4 Å². The van der Waals surface area contributed by atoms with Crippen LogP contribution in [0.5, 0.6) is 11.5 Å². The number of benzene rings is 4. The predicted molar refractivity (Wildman–Crippen MR) is 147 cm³/mol. The normalized spacial score (nSPS) is 11.9. The summed E-state index contributed by atoms with van der Waals surface area (Å²) in [6.45, 7) is 0. The van der Waals surface area contributed by atoms with Gasteiger partial charge in [0.05, 0.1) is 31.9 Å².